The predicted octanol–water partition coefficient (Wildman–Crippen LogP) is 0.297. The number of aryl methyl sites for hydroxylation is 1. The third kappa shape index (κ3) is 4.00. The highest BCUT2D eigenvalue weighted by Crippen LogP contribution is 2.12. The van der Waals surface area contributed by atoms with Crippen molar-refractivity contribution in [1.82, 2.24) is 14.9 Å². The highest BCUT2D eigenvalue weighted by Gasteiger charge is 2.27. The normalized spacial score (nSPS) is 18.8. The first-order chi connectivity index (χ1) is 14.0. The minimum absolute atomic E-state index is 0.126. The number of aromatic amines is 1. The number of quaternary nitrogens is 1. The van der Waals surface area contributed by atoms with Crippen LogP contribution >= 0.6 is 0 Å². The summed E-state index contributed by atoms with van der Waals surface area (Å²) in [6.45, 7) is 5.07. The fourth-order valence-electron chi connectivity index (χ4n) is 4.10. The molecule has 0 saturated carbocycles. The number of nitrogens with zero attached hydrogens (tertiary/aromatic N) is 1. The average molecular weight is 393 g/mol. The SMILES string of the molecule is CCn1c(=O)c(=O)[nH]c2cc(C(=O)N[C@@H]3CC[NH+](Cc4ccccc4)C3)ccc21. The molecule has 1 aromatic heterocycles. The lowest BCUT2D eigenvalue weighted by atomic mass is 10.1. The molecule has 1 amide bonds. The van der Waals surface area contributed by atoms with Crippen molar-refractivity contribution in [3.63, 3.8) is 0 Å². The van der Waals surface area contributed by atoms with Crippen molar-refractivity contribution in [2.75, 3.05) is 13.1 Å². The zero-order chi connectivity index (χ0) is 20.4. The number of fused-ring (bicyclic) bond motifs is 1. The number of benzene rings is 2. The van der Waals surface area contributed by atoms with Crippen molar-refractivity contribution < 1.29 is 9.69 Å². The molecule has 0 aliphatic carbocycles. The van der Waals surface area contributed by atoms with Gasteiger partial charge in [-0.05, 0) is 25.1 Å². The number of aromatic nitrogens is 2. The molecule has 4 rings (SSSR count). The van der Waals surface area contributed by atoms with Crippen LogP contribution in [-0.2, 0) is 13.1 Å². The van der Waals surface area contributed by atoms with Crippen molar-refractivity contribution in [2.24, 2.45) is 0 Å². The quantitative estimate of drug-likeness (QED) is 0.545. The highest BCUT2D eigenvalue weighted by molar-refractivity contribution is 5.97. The van der Waals surface area contributed by atoms with Crippen LogP contribution in [0.3, 0.4) is 0 Å². The number of rotatable bonds is 5. The second-order valence-corrected chi connectivity index (χ2v) is 7.56. The van der Waals surface area contributed by atoms with E-state index in [1.165, 1.54) is 15.0 Å². The van der Waals surface area contributed by atoms with Crippen LogP contribution in [0.4, 0.5) is 0 Å². The third-order valence-corrected chi connectivity index (χ3v) is 5.57. The summed E-state index contributed by atoms with van der Waals surface area (Å²) >= 11 is 0. The number of likely N-dealkylation sites (tertiary alicyclic amines) is 1. The standard InChI is InChI=1S/C22H24N4O3/c1-2-26-19-9-8-16(12-18(19)24-21(28)22(26)29)20(27)23-17-10-11-25(14-17)13-15-6-4-3-5-7-15/h3-9,12,17H,2,10-11,13-14H2,1H3,(H,23,27)(H,24,28)/p+1/t17-/m1/s1. The van der Waals surface area contributed by atoms with E-state index in [0.717, 1.165) is 26.1 Å². The van der Waals surface area contributed by atoms with E-state index in [1.807, 2.05) is 25.1 Å². The van der Waals surface area contributed by atoms with Gasteiger partial charge in [0.2, 0.25) is 0 Å². The Labute approximate surface area is 168 Å². The lowest BCUT2D eigenvalue weighted by Crippen LogP contribution is -3.09. The van der Waals surface area contributed by atoms with Gasteiger partial charge in [-0.25, -0.2) is 0 Å². The van der Waals surface area contributed by atoms with Gasteiger partial charge < -0.3 is 19.8 Å². The van der Waals surface area contributed by atoms with Gasteiger partial charge in [0.15, 0.2) is 0 Å². The van der Waals surface area contributed by atoms with Crippen LogP contribution in [0.1, 0.15) is 29.3 Å². The molecular formula is C22H25N4O3+. The van der Waals surface area contributed by atoms with Gasteiger partial charge in [-0.1, -0.05) is 30.3 Å². The molecule has 150 valence electrons. The van der Waals surface area contributed by atoms with E-state index in [0.29, 0.717) is 23.1 Å². The zero-order valence-electron chi connectivity index (χ0n) is 16.4. The van der Waals surface area contributed by atoms with Crippen LogP contribution in [0.5, 0.6) is 0 Å². The van der Waals surface area contributed by atoms with Crippen molar-refractivity contribution in [2.45, 2.75) is 32.5 Å². The van der Waals surface area contributed by atoms with Gasteiger partial charge in [0.25, 0.3) is 5.91 Å². The van der Waals surface area contributed by atoms with Crippen LogP contribution in [0, 0.1) is 0 Å². The van der Waals surface area contributed by atoms with Crippen molar-refractivity contribution in [3.8, 4) is 0 Å². The van der Waals surface area contributed by atoms with E-state index in [4.69, 9.17) is 0 Å². The molecule has 1 aliphatic rings. The maximum Gasteiger partial charge on any atom is 0.316 e. The molecule has 1 unspecified atom stereocenters. The van der Waals surface area contributed by atoms with Gasteiger partial charge in [0, 0.05) is 24.1 Å². The maximum absolute atomic E-state index is 12.7. The number of carbonyl (C=O) groups excluding carboxylic acids is 1. The Morgan fingerprint density at radius 1 is 1.21 bits per heavy atom. The van der Waals surface area contributed by atoms with E-state index in [1.54, 1.807) is 18.2 Å². The lowest BCUT2D eigenvalue weighted by Gasteiger charge is -2.15. The van der Waals surface area contributed by atoms with Gasteiger partial charge in [0.05, 0.1) is 30.2 Å². The van der Waals surface area contributed by atoms with Crippen molar-refractivity contribution >= 4 is 16.9 Å². The molecule has 1 fully saturated rings. The minimum atomic E-state index is -0.673. The van der Waals surface area contributed by atoms with Gasteiger partial charge in [-0.15, -0.1) is 0 Å². The van der Waals surface area contributed by atoms with Crippen LogP contribution in [0.25, 0.3) is 11.0 Å². The Morgan fingerprint density at radius 2 is 2.00 bits per heavy atom. The Kier molecular flexibility index (Phi) is 5.31. The summed E-state index contributed by atoms with van der Waals surface area (Å²) in [5.74, 6) is -0.159. The summed E-state index contributed by atoms with van der Waals surface area (Å²) in [6, 6.07) is 15.6. The molecular weight excluding hydrogens is 368 g/mol. The first kappa shape index (κ1) is 19.1. The second kappa shape index (κ2) is 8.05. The molecule has 2 aromatic carbocycles. The Bertz CT molecular complexity index is 1150. The monoisotopic (exact) mass is 393 g/mol. The van der Waals surface area contributed by atoms with Gasteiger partial charge in [-0.3, -0.25) is 14.4 Å². The number of H-pyrrole nitrogens is 1. The molecule has 3 N–H and O–H groups in total. The summed E-state index contributed by atoms with van der Waals surface area (Å²) in [6.07, 6.45) is 0.938. The van der Waals surface area contributed by atoms with E-state index in [-0.39, 0.29) is 11.9 Å². The summed E-state index contributed by atoms with van der Waals surface area (Å²) in [4.78, 5) is 40.6. The molecule has 7 heteroatoms. The fraction of sp³-hybridized carbons (Fsp3) is 0.318. The zero-order valence-corrected chi connectivity index (χ0v) is 16.4. The highest BCUT2D eigenvalue weighted by atomic mass is 16.2. The Morgan fingerprint density at radius 3 is 2.76 bits per heavy atom. The number of amides is 1. The van der Waals surface area contributed by atoms with Crippen molar-refractivity contribution in [1.29, 1.82) is 0 Å². The maximum atomic E-state index is 12.7. The molecule has 2 atom stereocenters. The third-order valence-electron chi connectivity index (χ3n) is 5.57. The predicted molar refractivity (Wildman–Crippen MR) is 111 cm³/mol. The first-order valence-corrected chi connectivity index (χ1v) is 10.0. The molecule has 3 aromatic rings. The molecule has 0 radical (unpaired) electrons. The van der Waals surface area contributed by atoms with E-state index in [2.05, 4.69) is 22.4 Å². The number of hydrogen-bond donors (Lipinski definition) is 3. The Hall–Kier alpha value is -3.19. The first-order valence-electron chi connectivity index (χ1n) is 10.0. The van der Waals surface area contributed by atoms with E-state index >= 15 is 0 Å². The van der Waals surface area contributed by atoms with E-state index < -0.39 is 11.1 Å². The molecule has 1 aliphatic heterocycles. The Balaban J connectivity index is 1.46. The van der Waals surface area contributed by atoms with E-state index in [9.17, 15) is 14.4 Å². The number of hydrogen-bond acceptors (Lipinski definition) is 3. The summed E-state index contributed by atoms with van der Waals surface area (Å²) in [7, 11) is 0. The molecule has 29 heavy (non-hydrogen) atoms. The second-order valence-electron chi connectivity index (χ2n) is 7.56. The largest absolute Gasteiger partial charge is 0.343 e. The molecule has 7 nitrogen and oxygen atoms in total. The van der Waals surface area contributed by atoms with Gasteiger partial charge in [-0.2, -0.15) is 0 Å². The fourth-order valence-corrected chi connectivity index (χ4v) is 4.10. The number of carbonyl (C=O) groups is 1. The lowest BCUT2D eigenvalue weighted by molar-refractivity contribution is -0.901. The molecule has 1 saturated heterocycles. The molecule has 0 spiro atoms. The molecule has 0 bridgehead atoms. The minimum Gasteiger partial charge on any atom is -0.343 e. The van der Waals surface area contributed by atoms with Crippen LogP contribution < -0.4 is 21.3 Å². The van der Waals surface area contributed by atoms with Crippen LogP contribution in [0.2, 0.25) is 0 Å². The van der Waals surface area contributed by atoms with Gasteiger partial charge >= 0.3 is 11.1 Å². The summed E-state index contributed by atoms with van der Waals surface area (Å²) in [5, 5.41) is 3.11. The summed E-state index contributed by atoms with van der Waals surface area (Å²) < 4.78 is 1.41. The topological polar surface area (TPSA) is 88.4 Å². The summed E-state index contributed by atoms with van der Waals surface area (Å²) in [5.41, 5.74) is 1.64. The van der Waals surface area contributed by atoms with Crippen molar-refractivity contribution in [3.05, 3.63) is 80.4 Å². The molecule has 2 heterocycles. The van der Waals surface area contributed by atoms with Crippen LogP contribution in [0.15, 0.2) is 58.1 Å². The smallest absolute Gasteiger partial charge is 0.316 e. The van der Waals surface area contributed by atoms with Crippen LogP contribution in [-0.4, -0.2) is 34.6 Å². The average Bonchev–Trinajstić information content (AvgIpc) is 3.16. The number of nitrogens with one attached hydrogen (secondary N) is 3. The van der Waals surface area contributed by atoms with Gasteiger partial charge in [0.1, 0.15) is 6.54 Å².